The Morgan fingerprint density at radius 2 is 1.74 bits per heavy atom. The van der Waals surface area contributed by atoms with Crippen molar-refractivity contribution >= 4 is 33.9 Å². The molecule has 0 aromatic heterocycles. The van der Waals surface area contributed by atoms with Crippen LogP contribution in [0.25, 0.3) is 16.8 Å². The van der Waals surface area contributed by atoms with Gasteiger partial charge in [-0.1, -0.05) is 48.6 Å². The largest absolute Gasteiger partial charge is 0.372 e. The first kappa shape index (κ1) is 22.7. The third-order valence-corrected chi connectivity index (χ3v) is 8.13. The van der Waals surface area contributed by atoms with Gasteiger partial charge in [-0.25, -0.2) is 0 Å². The maximum atomic E-state index is 2.49. The van der Waals surface area contributed by atoms with Crippen LogP contribution in [0.1, 0.15) is 51.2 Å². The minimum Gasteiger partial charge on any atom is -0.372 e. The van der Waals surface area contributed by atoms with Gasteiger partial charge >= 0.3 is 0 Å². The monoisotopic (exact) mass is 449 g/mol. The molecule has 0 bridgehead atoms. The van der Waals surface area contributed by atoms with Crippen molar-refractivity contribution < 1.29 is 4.58 Å². The second-order valence-corrected chi connectivity index (χ2v) is 9.89. The fourth-order valence-corrected chi connectivity index (χ4v) is 6.21. The van der Waals surface area contributed by atoms with Crippen LogP contribution in [0.2, 0.25) is 0 Å². The Labute approximate surface area is 204 Å². The summed E-state index contributed by atoms with van der Waals surface area (Å²) in [5.41, 5.74) is 6.71. The highest BCUT2D eigenvalue weighted by Gasteiger charge is 2.51. The van der Waals surface area contributed by atoms with Crippen LogP contribution in [0.3, 0.4) is 0 Å². The van der Waals surface area contributed by atoms with Gasteiger partial charge < -0.3 is 4.90 Å². The Morgan fingerprint density at radius 3 is 2.44 bits per heavy atom. The number of hydrogen-bond donors (Lipinski definition) is 0. The molecule has 0 amide bonds. The molecule has 5 rings (SSSR count). The molecule has 2 nitrogen and oxygen atoms in total. The highest BCUT2D eigenvalue weighted by Crippen LogP contribution is 2.50. The summed E-state index contributed by atoms with van der Waals surface area (Å²) in [4.78, 5) is 2.39. The van der Waals surface area contributed by atoms with Crippen LogP contribution in [-0.2, 0) is 5.41 Å². The topological polar surface area (TPSA) is 6.25 Å². The predicted molar refractivity (Wildman–Crippen MR) is 148 cm³/mol. The molecule has 1 heterocycles. The summed E-state index contributed by atoms with van der Waals surface area (Å²) >= 11 is 0. The van der Waals surface area contributed by atoms with E-state index >= 15 is 0 Å². The van der Waals surface area contributed by atoms with Crippen LogP contribution in [0.5, 0.6) is 0 Å². The standard InChI is InChI=1S/C32H37N2/c1-5-34(6-2)27-20-16-24(17-21-27)18-23-30-32(3,26-13-8-7-9-14-26)31-28-15-11-10-12-25(28)19-22-29(31)33(30)4/h8,10-13,15-23,26H,5-7,9,14H2,1-4H3/q+1. The molecular weight excluding hydrogens is 412 g/mol. The smallest absolute Gasteiger partial charge is 0.210 e. The summed E-state index contributed by atoms with van der Waals surface area (Å²) < 4.78 is 2.44. The van der Waals surface area contributed by atoms with Gasteiger partial charge in [-0.2, -0.15) is 4.58 Å². The van der Waals surface area contributed by atoms with Crippen LogP contribution in [0.4, 0.5) is 11.4 Å². The lowest BCUT2D eigenvalue weighted by Crippen LogP contribution is -2.38. The molecule has 34 heavy (non-hydrogen) atoms. The fraction of sp³-hybridized carbons (Fsp3) is 0.344. The summed E-state index contributed by atoms with van der Waals surface area (Å²) in [7, 11) is 2.24. The normalized spacial score (nSPS) is 22.1. The van der Waals surface area contributed by atoms with Gasteiger partial charge in [-0.05, 0) is 86.6 Å². The molecule has 2 atom stereocenters. The first-order chi connectivity index (χ1) is 16.6. The van der Waals surface area contributed by atoms with E-state index in [9.17, 15) is 0 Å². The molecule has 0 saturated carbocycles. The summed E-state index contributed by atoms with van der Waals surface area (Å²) in [5.74, 6) is 0.500. The Balaban J connectivity index is 1.59. The zero-order valence-corrected chi connectivity index (χ0v) is 21.1. The van der Waals surface area contributed by atoms with Crippen molar-refractivity contribution in [1.82, 2.24) is 0 Å². The van der Waals surface area contributed by atoms with Crippen molar-refractivity contribution in [3.05, 3.63) is 90.0 Å². The Hall–Kier alpha value is -3.13. The second kappa shape index (κ2) is 9.25. The van der Waals surface area contributed by atoms with Gasteiger partial charge in [0.1, 0.15) is 7.05 Å². The molecule has 2 unspecified atom stereocenters. The third kappa shape index (κ3) is 3.70. The van der Waals surface area contributed by atoms with E-state index in [0.717, 1.165) is 13.1 Å². The zero-order chi connectivity index (χ0) is 23.7. The van der Waals surface area contributed by atoms with Crippen molar-refractivity contribution in [3.8, 4) is 0 Å². The van der Waals surface area contributed by atoms with E-state index in [2.05, 4.69) is 122 Å². The van der Waals surface area contributed by atoms with Crippen LogP contribution in [-0.4, -0.2) is 30.4 Å². The van der Waals surface area contributed by atoms with Gasteiger partial charge in [0, 0.05) is 36.5 Å². The van der Waals surface area contributed by atoms with Gasteiger partial charge in [0.05, 0.1) is 5.41 Å². The zero-order valence-electron chi connectivity index (χ0n) is 21.1. The Morgan fingerprint density at radius 1 is 0.971 bits per heavy atom. The molecule has 0 fully saturated rings. The quantitative estimate of drug-likeness (QED) is 0.275. The van der Waals surface area contributed by atoms with Gasteiger partial charge in [0.2, 0.25) is 5.69 Å². The van der Waals surface area contributed by atoms with Crippen LogP contribution < -0.4 is 4.90 Å². The van der Waals surface area contributed by atoms with Crippen LogP contribution in [0.15, 0.2) is 78.9 Å². The molecule has 0 N–H and O–H groups in total. The number of anilines is 1. The lowest BCUT2D eigenvalue weighted by molar-refractivity contribution is -0.401. The number of benzene rings is 3. The summed E-state index contributed by atoms with van der Waals surface area (Å²) in [6.07, 6.45) is 13.3. The Kier molecular flexibility index (Phi) is 6.16. The highest BCUT2D eigenvalue weighted by atomic mass is 15.1. The van der Waals surface area contributed by atoms with E-state index in [1.54, 1.807) is 0 Å². The van der Waals surface area contributed by atoms with E-state index in [0.29, 0.717) is 5.92 Å². The van der Waals surface area contributed by atoms with Crippen LogP contribution in [0, 0.1) is 5.92 Å². The lowest BCUT2D eigenvalue weighted by Gasteiger charge is -2.33. The van der Waals surface area contributed by atoms with Crippen LogP contribution >= 0.6 is 0 Å². The van der Waals surface area contributed by atoms with Crippen molar-refractivity contribution in [2.75, 3.05) is 25.0 Å². The molecule has 0 saturated heterocycles. The first-order valence-electron chi connectivity index (χ1n) is 12.9. The minimum atomic E-state index is -0.0560. The average Bonchev–Trinajstić information content (AvgIpc) is 3.12. The molecule has 2 aliphatic rings. The summed E-state index contributed by atoms with van der Waals surface area (Å²) in [6.45, 7) is 8.98. The van der Waals surface area contributed by atoms with Crippen molar-refractivity contribution in [2.24, 2.45) is 5.92 Å². The molecule has 174 valence electrons. The minimum absolute atomic E-state index is 0.0560. The molecule has 0 radical (unpaired) electrons. The number of fused-ring (bicyclic) bond motifs is 3. The number of nitrogens with zero attached hydrogens (tertiary/aromatic N) is 2. The highest BCUT2D eigenvalue weighted by molar-refractivity contribution is 6.09. The number of allylic oxidation sites excluding steroid dienone is 3. The van der Waals surface area contributed by atoms with E-state index < -0.39 is 0 Å². The van der Waals surface area contributed by atoms with E-state index in [1.807, 2.05) is 0 Å². The maximum Gasteiger partial charge on any atom is 0.210 e. The fourth-order valence-electron chi connectivity index (χ4n) is 6.21. The van der Waals surface area contributed by atoms with Gasteiger partial charge in [-0.3, -0.25) is 0 Å². The van der Waals surface area contributed by atoms with Crippen molar-refractivity contribution in [1.29, 1.82) is 0 Å². The number of hydrogen-bond acceptors (Lipinski definition) is 1. The molecule has 1 aliphatic heterocycles. The molecule has 3 aromatic rings. The summed E-state index contributed by atoms with van der Waals surface area (Å²) in [6, 6.07) is 22.5. The van der Waals surface area contributed by atoms with E-state index in [-0.39, 0.29) is 5.41 Å². The summed E-state index contributed by atoms with van der Waals surface area (Å²) in [5, 5.41) is 2.72. The molecular formula is C32H37N2+. The third-order valence-electron chi connectivity index (χ3n) is 8.13. The van der Waals surface area contributed by atoms with E-state index in [1.165, 1.54) is 58.2 Å². The van der Waals surface area contributed by atoms with Crippen molar-refractivity contribution in [2.45, 2.75) is 45.4 Å². The molecule has 2 heteroatoms. The van der Waals surface area contributed by atoms with Gasteiger partial charge in [0.15, 0.2) is 5.71 Å². The average molecular weight is 450 g/mol. The molecule has 3 aromatic carbocycles. The van der Waals surface area contributed by atoms with Gasteiger partial charge in [0.25, 0.3) is 0 Å². The predicted octanol–water partition coefficient (Wildman–Crippen LogP) is 7.74. The van der Waals surface area contributed by atoms with E-state index in [4.69, 9.17) is 0 Å². The van der Waals surface area contributed by atoms with Gasteiger partial charge in [-0.15, -0.1) is 0 Å². The maximum absolute atomic E-state index is 2.49. The Bertz CT molecular complexity index is 1270. The van der Waals surface area contributed by atoms with Crippen molar-refractivity contribution in [3.63, 3.8) is 0 Å². The second-order valence-electron chi connectivity index (χ2n) is 9.89. The number of rotatable bonds is 6. The molecule has 0 spiro atoms. The SMILES string of the molecule is CCN(CC)c1ccc(/C=C/C2=[N+](C)c3ccc4ccccc4c3C2(C)C2C=CCCC2)cc1. The lowest BCUT2D eigenvalue weighted by atomic mass is 9.65. The first-order valence-corrected chi connectivity index (χ1v) is 12.9. The molecule has 1 aliphatic carbocycles.